The quantitative estimate of drug-likeness (QED) is 0.550. The standard InChI is InChI=1S/C24H26ClN3O3/c1-16(2)28(3)24(30)19-6-4-17(5-7-19)14-26-22(29)12-13-23-27-15-21(31-23)18-8-10-20(25)11-9-18/h4-11,15-16H,12-14H2,1-3H3,(H,26,29). The number of hydrogen-bond donors (Lipinski definition) is 1. The molecule has 162 valence electrons. The van der Waals surface area contributed by atoms with Crippen molar-refractivity contribution in [3.05, 3.63) is 76.8 Å². The first-order chi connectivity index (χ1) is 14.8. The third kappa shape index (κ3) is 6.18. The maximum absolute atomic E-state index is 12.3. The summed E-state index contributed by atoms with van der Waals surface area (Å²) in [6.45, 7) is 4.34. The third-order valence-electron chi connectivity index (χ3n) is 5.03. The van der Waals surface area contributed by atoms with Crippen LogP contribution in [-0.4, -0.2) is 34.8 Å². The van der Waals surface area contributed by atoms with E-state index in [0.29, 0.717) is 35.2 Å². The van der Waals surface area contributed by atoms with E-state index in [4.69, 9.17) is 16.0 Å². The number of halogens is 1. The lowest BCUT2D eigenvalue weighted by atomic mass is 10.1. The van der Waals surface area contributed by atoms with Gasteiger partial charge in [-0.25, -0.2) is 4.98 Å². The highest BCUT2D eigenvalue weighted by Crippen LogP contribution is 2.22. The van der Waals surface area contributed by atoms with Gasteiger partial charge >= 0.3 is 0 Å². The average molecular weight is 440 g/mol. The van der Waals surface area contributed by atoms with E-state index in [-0.39, 0.29) is 24.3 Å². The highest BCUT2D eigenvalue weighted by Gasteiger charge is 2.14. The number of carbonyl (C=O) groups is 2. The molecule has 0 fully saturated rings. The summed E-state index contributed by atoms with van der Waals surface area (Å²) in [5.41, 5.74) is 2.44. The van der Waals surface area contributed by atoms with Crippen LogP contribution in [0.1, 0.15) is 42.1 Å². The van der Waals surface area contributed by atoms with Crippen molar-refractivity contribution >= 4 is 23.4 Å². The van der Waals surface area contributed by atoms with Gasteiger partial charge in [0.2, 0.25) is 5.91 Å². The van der Waals surface area contributed by atoms with Crippen LogP contribution >= 0.6 is 11.6 Å². The van der Waals surface area contributed by atoms with Gasteiger partial charge in [-0.15, -0.1) is 0 Å². The van der Waals surface area contributed by atoms with E-state index in [1.165, 1.54) is 0 Å². The maximum Gasteiger partial charge on any atom is 0.253 e. The van der Waals surface area contributed by atoms with Crippen molar-refractivity contribution in [1.29, 1.82) is 0 Å². The Balaban J connectivity index is 1.46. The highest BCUT2D eigenvalue weighted by molar-refractivity contribution is 6.30. The number of nitrogens with zero attached hydrogens (tertiary/aromatic N) is 2. The number of rotatable bonds is 8. The molecule has 0 saturated carbocycles. The Hall–Kier alpha value is -3.12. The monoisotopic (exact) mass is 439 g/mol. The summed E-state index contributed by atoms with van der Waals surface area (Å²) in [4.78, 5) is 30.4. The Morgan fingerprint density at radius 1 is 1.10 bits per heavy atom. The fraction of sp³-hybridized carbons (Fsp3) is 0.292. The Morgan fingerprint density at radius 2 is 1.77 bits per heavy atom. The summed E-state index contributed by atoms with van der Waals surface area (Å²) in [7, 11) is 1.79. The predicted octanol–water partition coefficient (Wildman–Crippen LogP) is 4.72. The summed E-state index contributed by atoms with van der Waals surface area (Å²) >= 11 is 5.90. The lowest BCUT2D eigenvalue weighted by Gasteiger charge is -2.21. The molecular formula is C24H26ClN3O3. The topological polar surface area (TPSA) is 75.4 Å². The molecule has 0 radical (unpaired) electrons. The maximum atomic E-state index is 12.3. The Morgan fingerprint density at radius 3 is 2.42 bits per heavy atom. The molecule has 7 heteroatoms. The van der Waals surface area contributed by atoms with E-state index in [0.717, 1.165) is 11.1 Å². The number of amides is 2. The first-order valence-electron chi connectivity index (χ1n) is 10.2. The van der Waals surface area contributed by atoms with Crippen molar-refractivity contribution in [3.63, 3.8) is 0 Å². The average Bonchev–Trinajstić information content (AvgIpc) is 3.25. The first-order valence-corrected chi connectivity index (χ1v) is 10.5. The van der Waals surface area contributed by atoms with Gasteiger partial charge in [0, 0.05) is 48.6 Å². The molecule has 2 amide bonds. The molecule has 0 aliphatic rings. The fourth-order valence-electron chi connectivity index (χ4n) is 2.89. The van der Waals surface area contributed by atoms with Crippen LogP contribution in [-0.2, 0) is 17.8 Å². The van der Waals surface area contributed by atoms with E-state index in [9.17, 15) is 9.59 Å². The Labute approximate surface area is 187 Å². The van der Waals surface area contributed by atoms with Crippen molar-refractivity contribution in [1.82, 2.24) is 15.2 Å². The van der Waals surface area contributed by atoms with Crippen molar-refractivity contribution < 1.29 is 14.0 Å². The zero-order valence-electron chi connectivity index (χ0n) is 17.9. The van der Waals surface area contributed by atoms with Crippen LogP contribution in [0.3, 0.4) is 0 Å². The van der Waals surface area contributed by atoms with Crippen molar-refractivity contribution in [3.8, 4) is 11.3 Å². The van der Waals surface area contributed by atoms with Gasteiger partial charge in [-0.1, -0.05) is 23.7 Å². The molecule has 0 aliphatic heterocycles. The number of nitrogens with one attached hydrogen (secondary N) is 1. The van der Waals surface area contributed by atoms with Crippen LogP contribution in [0.25, 0.3) is 11.3 Å². The Bertz CT molecular complexity index is 1030. The predicted molar refractivity (Wildman–Crippen MR) is 121 cm³/mol. The van der Waals surface area contributed by atoms with Gasteiger partial charge in [-0.05, 0) is 55.8 Å². The molecule has 0 atom stereocenters. The second-order valence-corrected chi connectivity index (χ2v) is 8.05. The van der Waals surface area contributed by atoms with Gasteiger partial charge in [0.05, 0.1) is 6.20 Å². The minimum atomic E-state index is -0.0917. The van der Waals surface area contributed by atoms with Gasteiger partial charge in [0.1, 0.15) is 0 Å². The smallest absolute Gasteiger partial charge is 0.253 e. The molecular weight excluding hydrogens is 414 g/mol. The van der Waals surface area contributed by atoms with Crippen molar-refractivity contribution in [2.45, 2.75) is 39.3 Å². The van der Waals surface area contributed by atoms with Gasteiger partial charge in [-0.2, -0.15) is 0 Å². The molecule has 0 bridgehead atoms. The fourth-order valence-corrected chi connectivity index (χ4v) is 3.01. The minimum Gasteiger partial charge on any atom is -0.441 e. The molecule has 0 spiro atoms. The number of carbonyl (C=O) groups excluding carboxylic acids is 2. The molecule has 1 aromatic heterocycles. The number of aromatic nitrogens is 1. The van der Waals surface area contributed by atoms with Gasteiger partial charge in [-0.3, -0.25) is 9.59 Å². The van der Waals surface area contributed by atoms with Crippen LogP contribution in [0.5, 0.6) is 0 Å². The van der Waals surface area contributed by atoms with Gasteiger partial charge in [0.25, 0.3) is 5.91 Å². The van der Waals surface area contributed by atoms with Crippen LogP contribution in [0.2, 0.25) is 5.02 Å². The van der Waals surface area contributed by atoms with Crippen LogP contribution in [0, 0.1) is 0 Å². The van der Waals surface area contributed by atoms with E-state index >= 15 is 0 Å². The molecule has 3 rings (SSSR count). The Kier molecular flexibility index (Phi) is 7.47. The largest absolute Gasteiger partial charge is 0.441 e. The highest BCUT2D eigenvalue weighted by atomic mass is 35.5. The molecule has 6 nitrogen and oxygen atoms in total. The van der Waals surface area contributed by atoms with Crippen molar-refractivity contribution in [2.75, 3.05) is 7.05 Å². The summed E-state index contributed by atoms with van der Waals surface area (Å²) in [6, 6.07) is 14.7. The summed E-state index contributed by atoms with van der Waals surface area (Å²) < 4.78 is 5.72. The second kappa shape index (κ2) is 10.3. The SMILES string of the molecule is CC(C)N(C)C(=O)c1ccc(CNC(=O)CCc2ncc(-c3ccc(Cl)cc3)o2)cc1. The normalized spacial score (nSPS) is 10.9. The lowest BCUT2D eigenvalue weighted by Crippen LogP contribution is -2.32. The molecule has 31 heavy (non-hydrogen) atoms. The van der Waals surface area contributed by atoms with E-state index in [2.05, 4.69) is 10.3 Å². The number of hydrogen-bond acceptors (Lipinski definition) is 4. The zero-order valence-corrected chi connectivity index (χ0v) is 18.6. The van der Waals surface area contributed by atoms with Crippen LogP contribution in [0.4, 0.5) is 0 Å². The second-order valence-electron chi connectivity index (χ2n) is 7.61. The van der Waals surface area contributed by atoms with Crippen LogP contribution < -0.4 is 5.32 Å². The molecule has 2 aromatic carbocycles. The van der Waals surface area contributed by atoms with E-state index in [1.54, 1.807) is 42.4 Å². The molecule has 0 unspecified atom stereocenters. The van der Waals surface area contributed by atoms with E-state index < -0.39 is 0 Å². The molecule has 0 aliphatic carbocycles. The number of aryl methyl sites for hydroxylation is 1. The summed E-state index contributed by atoms with van der Waals surface area (Å²) in [5.74, 6) is 1.04. The zero-order chi connectivity index (χ0) is 22.4. The minimum absolute atomic E-state index is 0.0190. The van der Waals surface area contributed by atoms with Gasteiger partial charge < -0.3 is 14.6 Å². The summed E-state index contributed by atoms with van der Waals surface area (Å²) in [6.07, 6.45) is 2.33. The van der Waals surface area contributed by atoms with Gasteiger partial charge in [0.15, 0.2) is 11.7 Å². The summed E-state index contributed by atoms with van der Waals surface area (Å²) in [5, 5.41) is 3.54. The lowest BCUT2D eigenvalue weighted by molar-refractivity contribution is -0.121. The third-order valence-corrected chi connectivity index (χ3v) is 5.29. The van der Waals surface area contributed by atoms with E-state index in [1.807, 2.05) is 38.1 Å². The molecule has 1 N–H and O–H groups in total. The number of oxazole rings is 1. The number of benzene rings is 2. The molecule has 1 heterocycles. The molecule has 3 aromatic rings. The van der Waals surface area contributed by atoms with Crippen LogP contribution in [0.15, 0.2) is 59.1 Å². The van der Waals surface area contributed by atoms with Crippen molar-refractivity contribution in [2.24, 2.45) is 0 Å². The molecule has 0 saturated heterocycles. The first kappa shape index (κ1) is 22.6.